The van der Waals surface area contributed by atoms with E-state index in [9.17, 15) is 18.3 Å². The molecule has 98 valence electrons. The van der Waals surface area contributed by atoms with Crippen LogP contribution in [0.3, 0.4) is 0 Å². The first-order chi connectivity index (χ1) is 8.29. The second-order valence-corrected chi connectivity index (χ2v) is 4.87. The minimum atomic E-state index is -4.48. The Bertz CT molecular complexity index is 561. The molecule has 1 unspecified atom stereocenters. The SMILES string of the molecule is Cc1nn(C)cc1C(O)c1cnc(C(F)(F)F)s1. The Hall–Kier alpha value is -1.41. The summed E-state index contributed by atoms with van der Waals surface area (Å²) in [6.07, 6.45) is -2.99. The van der Waals surface area contributed by atoms with Gasteiger partial charge in [-0.3, -0.25) is 4.68 Å². The van der Waals surface area contributed by atoms with Crippen LogP contribution in [0, 0.1) is 6.92 Å². The highest BCUT2D eigenvalue weighted by Gasteiger charge is 2.35. The highest BCUT2D eigenvalue weighted by molar-refractivity contribution is 7.11. The van der Waals surface area contributed by atoms with Crippen LogP contribution in [0.25, 0.3) is 0 Å². The zero-order chi connectivity index (χ0) is 13.5. The quantitative estimate of drug-likeness (QED) is 0.916. The summed E-state index contributed by atoms with van der Waals surface area (Å²) in [7, 11) is 1.68. The number of alkyl halides is 3. The third-order valence-corrected chi connectivity index (χ3v) is 3.48. The van der Waals surface area contributed by atoms with E-state index in [1.807, 2.05) is 0 Å². The van der Waals surface area contributed by atoms with E-state index in [1.165, 1.54) is 4.68 Å². The molecule has 0 radical (unpaired) electrons. The zero-order valence-corrected chi connectivity index (χ0v) is 10.4. The number of aliphatic hydroxyl groups excluding tert-OH is 1. The Labute approximate surface area is 105 Å². The summed E-state index contributed by atoms with van der Waals surface area (Å²) in [4.78, 5) is 3.43. The number of thiazole rings is 1. The molecule has 2 aromatic rings. The van der Waals surface area contributed by atoms with Crippen LogP contribution in [0.5, 0.6) is 0 Å². The average Bonchev–Trinajstić information content (AvgIpc) is 2.83. The molecule has 1 atom stereocenters. The third-order valence-electron chi connectivity index (χ3n) is 2.38. The van der Waals surface area contributed by atoms with Gasteiger partial charge in [0.05, 0.1) is 10.6 Å². The molecule has 0 saturated heterocycles. The number of hydrogen-bond donors (Lipinski definition) is 1. The summed E-state index contributed by atoms with van der Waals surface area (Å²) < 4.78 is 38.7. The van der Waals surface area contributed by atoms with E-state index in [1.54, 1.807) is 20.2 Å². The van der Waals surface area contributed by atoms with E-state index >= 15 is 0 Å². The fraction of sp³-hybridized carbons (Fsp3) is 0.400. The third kappa shape index (κ3) is 2.39. The predicted octanol–water partition coefficient (Wildman–Crippen LogP) is 2.29. The predicted molar refractivity (Wildman–Crippen MR) is 59.1 cm³/mol. The van der Waals surface area contributed by atoms with E-state index in [-0.39, 0.29) is 4.88 Å². The summed E-state index contributed by atoms with van der Waals surface area (Å²) in [5.41, 5.74) is 1.06. The van der Waals surface area contributed by atoms with Gasteiger partial charge in [-0.1, -0.05) is 0 Å². The first kappa shape index (κ1) is 13.0. The van der Waals surface area contributed by atoms with E-state index in [2.05, 4.69) is 10.1 Å². The molecule has 0 spiro atoms. The summed E-state index contributed by atoms with van der Waals surface area (Å²) in [6.45, 7) is 1.68. The fourth-order valence-electron chi connectivity index (χ4n) is 1.58. The number of hydrogen-bond acceptors (Lipinski definition) is 4. The van der Waals surface area contributed by atoms with Crippen LogP contribution >= 0.6 is 11.3 Å². The number of aromatic nitrogens is 3. The van der Waals surface area contributed by atoms with Crippen LogP contribution in [-0.4, -0.2) is 19.9 Å². The Morgan fingerprint density at radius 3 is 2.56 bits per heavy atom. The standard InChI is InChI=1S/C10H10F3N3OS/c1-5-6(4-16(2)15-5)8(17)7-3-14-9(18-7)10(11,12)13/h3-4,8,17H,1-2H3. The van der Waals surface area contributed by atoms with Crippen LogP contribution in [0.2, 0.25) is 0 Å². The molecule has 0 saturated carbocycles. The molecule has 2 aromatic heterocycles. The van der Waals surface area contributed by atoms with Crippen molar-refractivity contribution in [2.45, 2.75) is 19.2 Å². The van der Waals surface area contributed by atoms with Crippen LogP contribution in [0.15, 0.2) is 12.4 Å². The molecule has 8 heteroatoms. The van der Waals surface area contributed by atoms with Gasteiger partial charge in [-0.25, -0.2) is 4.98 Å². The number of aryl methyl sites for hydroxylation is 2. The lowest BCUT2D eigenvalue weighted by molar-refractivity contribution is -0.137. The lowest BCUT2D eigenvalue weighted by Gasteiger charge is -2.06. The minimum absolute atomic E-state index is 0.151. The van der Waals surface area contributed by atoms with E-state index < -0.39 is 17.3 Å². The van der Waals surface area contributed by atoms with Gasteiger partial charge >= 0.3 is 6.18 Å². The van der Waals surface area contributed by atoms with Crippen molar-refractivity contribution in [2.24, 2.45) is 7.05 Å². The number of rotatable bonds is 2. The van der Waals surface area contributed by atoms with Crippen LogP contribution in [0.4, 0.5) is 13.2 Å². The van der Waals surface area contributed by atoms with Crippen molar-refractivity contribution in [2.75, 3.05) is 0 Å². The van der Waals surface area contributed by atoms with Gasteiger partial charge in [0.1, 0.15) is 6.10 Å². The van der Waals surface area contributed by atoms with Crippen molar-refractivity contribution in [3.8, 4) is 0 Å². The molecule has 0 aliphatic heterocycles. The highest BCUT2D eigenvalue weighted by Crippen LogP contribution is 2.36. The largest absolute Gasteiger partial charge is 0.443 e. The first-order valence-corrected chi connectivity index (χ1v) is 5.82. The molecule has 0 aliphatic rings. The van der Waals surface area contributed by atoms with Crippen molar-refractivity contribution in [1.82, 2.24) is 14.8 Å². The highest BCUT2D eigenvalue weighted by atomic mass is 32.1. The first-order valence-electron chi connectivity index (χ1n) is 5.00. The lowest BCUT2D eigenvalue weighted by Crippen LogP contribution is -2.03. The van der Waals surface area contributed by atoms with Gasteiger partial charge in [0.2, 0.25) is 0 Å². The molecule has 0 aliphatic carbocycles. The maximum absolute atomic E-state index is 12.4. The van der Waals surface area contributed by atoms with Gasteiger partial charge in [-0.15, -0.1) is 11.3 Å². The molecular weight excluding hydrogens is 267 g/mol. The number of aliphatic hydroxyl groups is 1. The van der Waals surface area contributed by atoms with Crippen molar-refractivity contribution >= 4 is 11.3 Å². The molecular formula is C10H10F3N3OS. The minimum Gasteiger partial charge on any atom is -0.383 e. The summed E-state index contributed by atoms with van der Waals surface area (Å²) >= 11 is 0.438. The van der Waals surface area contributed by atoms with E-state index in [4.69, 9.17) is 0 Å². The molecule has 1 N–H and O–H groups in total. The zero-order valence-electron chi connectivity index (χ0n) is 9.56. The molecule has 2 heterocycles. The fourth-order valence-corrected chi connectivity index (χ4v) is 2.37. The smallest absolute Gasteiger partial charge is 0.383 e. The maximum atomic E-state index is 12.4. The summed E-state index contributed by atoms with van der Waals surface area (Å²) in [5, 5.41) is 13.1. The van der Waals surface area contributed by atoms with Gasteiger partial charge in [-0.05, 0) is 6.92 Å². The second kappa shape index (κ2) is 4.36. The van der Waals surface area contributed by atoms with Gasteiger partial charge in [0, 0.05) is 25.0 Å². The Kier molecular flexibility index (Phi) is 3.16. The van der Waals surface area contributed by atoms with E-state index in [0.717, 1.165) is 6.20 Å². The van der Waals surface area contributed by atoms with Crippen molar-refractivity contribution < 1.29 is 18.3 Å². The topological polar surface area (TPSA) is 50.9 Å². The molecule has 18 heavy (non-hydrogen) atoms. The van der Waals surface area contributed by atoms with Crippen LogP contribution in [-0.2, 0) is 13.2 Å². The number of nitrogens with zero attached hydrogens (tertiary/aromatic N) is 3. The molecule has 2 rings (SSSR count). The molecule has 4 nitrogen and oxygen atoms in total. The van der Waals surface area contributed by atoms with Crippen LogP contribution < -0.4 is 0 Å². The number of halogens is 3. The molecule has 0 amide bonds. The molecule has 0 aromatic carbocycles. The average molecular weight is 277 g/mol. The maximum Gasteiger partial charge on any atom is 0.443 e. The van der Waals surface area contributed by atoms with Crippen molar-refractivity contribution in [3.05, 3.63) is 33.5 Å². The Morgan fingerprint density at radius 2 is 2.11 bits per heavy atom. The molecule has 0 fully saturated rings. The van der Waals surface area contributed by atoms with Gasteiger partial charge in [0.15, 0.2) is 5.01 Å². The monoisotopic (exact) mass is 277 g/mol. The van der Waals surface area contributed by atoms with Crippen molar-refractivity contribution in [1.29, 1.82) is 0 Å². The van der Waals surface area contributed by atoms with Gasteiger partial charge in [0.25, 0.3) is 0 Å². The van der Waals surface area contributed by atoms with Crippen LogP contribution in [0.1, 0.15) is 27.2 Å². The van der Waals surface area contributed by atoms with Crippen molar-refractivity contribution in [3.63, 3.8) is 0 Å². The Morgan fingerprint density at radius 1 is 1.44 bits per heavy atom. The lowest BCUT2D eigenvalue weighted by atomic mass is 10.1. The van der Waals surface area contributed by atoms with E-state index in [0.29, 0.717) is 22.6 Å². The normalized spacial score (nSPS) is 13.9. The second-order valence-electron chi connectivity index (χ2n) is 3.81. The van der Waals surface area contributed by atoms with Gasteiger partial charge < -0.3 is 5.11 Å². The van der Waals surface area contributed by atoms with Gasteiger partial charge in [-0.2, -0.15) is 18.3 Å². The molecule has 0 bridgehead atoms. The summed E-state index contributed by atoms with van der Waals surface area (Å²) in [6, 6.07) is 0. The summed E-state index contributed by atoms with van der Waals surface area (Å²) in [5.74, 6) is 0. The Balaban J connectivity index is 2.32.